The van der Waals surface area contributed by atoms with Crippen molar-refractivity contribution in [3.8, 4) is 5.75 Å². The second-order valence-electron chi connectivity index (χ2n) is 3.72. The zero-order valence-electron chi connectivity index (χ0n) is 8.80. The van der Waals surface area contributed by atoms with E-state index in [-0.39, 0.29) is 6.54 Å². The molecule has 6 heteroatoms. The van der Waals surface area contributed by atoms with Crippen molar-refractivity contribution >= 4 is 5.91 Å². The van der Waals surface area contributed by atoms with E-state index in [0.717, 1.165) is 17.7 Å². The number of benzene rings is 1. The molecule has 17 heavy (non-hydrogen) atoms. The summed E-state index contributed by atoms with van der Waals surface area (Å²) in [5, 5.41) is 1.83. The first-order chi connectivity index (χ1) is 7.97. The van der Waals surface area contributed by atoms with Crippen LogP contribution in [0.1, 0.15) is 11.1 Å². The van der Waals surface area contributed by atoms with Crippen molar-refractivity contribution in [1.82, 2.24) is 5.32 Å². The lowest BCUT2D eigenvalue weighted by Gasteiger charge is -2.08. The first kappa shape index (κ1) is 11.8. The number of hydrogen-bond donors (Lipinski definition) is 1. The van der Waals surface area contributed by atoms with Crippen molar-refractivity contribution in [2.75, 3.05) is 6.61 Å². The highest BCUT2D eigenvalue weighted by molar-refractivity contribution is 5.81. The van der Waals surface area contributed by atoms with Crippen LogP contribution < -0.4 is 10.1 Å². The number of alkyl halides is 3. The van der Waals surface area contributed by atoms with Crippen LogP contribution in [0.2, 0.25) is 0 Å². The number of nitrogens with one attached hydrogen (secondary N) is 1. The largest absolute Gasteiger partial charge is 0.493 e. The lowest BCUT2D eigenvalue weighted by molar-refractivity contribution is -0.173. The summed E-state index contributed by atoms with van der Waals surface area (Å²) in [6.07, 6.45) is -4.09. The van der Waals surface area contributed by atoms with E-state index >= 15 is 0 Å². The average Bonchev–Trinajstić information content (AvgIpc) is 2.71. The fourth-order valence-electron chi connectivity index (χ4n) is 1.63. The van der Waals surface area contributed by atoms with Gasteiger partial charge in [0.1, 0.15) is 5.75 Å². The van der Waals surface area contributed by atoms with Crippen molar-refractivity contribution in [2.24, 2.45) is 0 Å². The number of fused-ring (bicyclic) bond motifs is 1. The Morgan fingerprint density at radius 2 is 2.18 bits per heavy atom. The van der Waals surface area contributed by atoms with Crippen molar-refractivity contribution in [3.05, 3.63) is 29.3 Å². The van der Waals surface area contributed by atoms with Crippen LogP contribution in [0.15, 0.2) is 18.2 Å². The predicted octanol–water partition coefficient (Wildman–Crippen LogP) is 1.80. The van der Waals surface area contributed by atoms with Gasteiger partial charge in [-0.25, -0.2) is 0 Å². The van der Waals surface area contributed by atoms with Crippen LogP contribution in [-0.2, 0) is 17.8 Å². The third-order valence-electron chi connectivity index (χ3n) is 2.46. The molecule has 0 bridgehead atoms. The molecule has 1 amide bonds. The van der Waals surface area contributed by atoms with E-state index in [1.165, 1.54) is 0 Å². The number of amides is 1. The van der Waals surface area contributed by atoms with Gasteiger partial charge in [0.2, 0.25) is 0 Å². The van der Waals surface area contributed by atoms with E-state index in [1.807, 2.05) is 5.32 Å². The Kier molecular flexibility index (Phi) is 2.95. The maximum absolute atomic E-state index is 11.9. The standard InChI is InChI=1S/C11H10F3NO2/c12-11(13,14)10(16)15-6-7-1-2-9-8(5-7)3-4-17-9/h1-2,5H,3-4,6H2,(H,15,16). The molecule has 0 saturated heterocycles. The van der Waals surface area contributed by atoms with Gasteiger partial charge in [-0.3, -0.25) is 4.79 Å². The molecule has 0 spiro atoms. The van der Waals surface area contributed by atoms with Gasteiger partial charge < -0.3 is 10.1 Å². The van der Waals surface area contributed by atoms with Gasteiger partial charge in [-0.05, 0) is 17.2 Å². The monoisotopic (exact) mass is 245 g/mol. The summed E-state index contributed by atoms with van der Waals surface area (Å²) in [7, 11) is 0. The van der Waals surface area contributed by atoms with Gasteiger partial charge in [0.15, 0.2) is 0 Å². The molecule has 1 N–H and O–H groups in total. The van der Waals surface area contributed by atoms with Crippen LogP contribution in [0, 0.1) is 0 Å². The van der Waals surface area contributed by atoms with Gasteiger partial charge in [0, 0.05) is 13.0 Å². The zero-order chi connectivity index (χ0) is 12.5. The normalized spacial score (nSPS) is 14.1. The number of hydrogen-bond acceptors (Lipinski definition) is 2. The highest BCUT2D eigenvalue weighted by Gasteiger charge is 2.38. The highest BCUT2D eigenvalue weighted by atomic mass is 19.4. The van der Waals surface area contributed by atoms with Crippen molar-refractivity contribution < 1.29 is 22.7 Å². The number of carbonyl (C=O) groups is 1. The molecule has 1 aliphatic heterocycles. The molecular weight excluding hydrogens is 235 g/mol. The SMILES string of the molecule is O=C(NCc1ccc2c(c1)CCO2)C(F)(F)F. The maximum Gasteiger partial charge on any atom is 0.471 e. The molecule has 92 valence electrons. The minimum Gasteiger partial charge on any atom is -0.493 e. The summed E-state index contributed by atoms with van der Waals surface area (Å²) in [4.78, 5) is 10.6. The Bertz CT molecular complexity index is 443. The van der Waals surface area contributed by atoms with Gasteiger partial charge >= 0.3 is 12.1 Å². The fraction of sp³-hybridized carbons (Fsp3) is 0.364. The average molecular weight is 245 g/mol. The molecule has 0 radical (unpaired) electrons. The molecule has 0 aliphatic carbocycles. The van der Waals surface area contributed by atoms with Crippen LogP contribution in [-0.4, -0.2) is 18.7 Å². The summed E-state index contributed by atoms with van der Waals surface area (Å²) >= 11 is 0. The van der Waals surface area contributed by atoms with E-state index in [1.54, 1.807) is 18.2 Å². The van der Waals surface area contributed by atoms with Crippen LogP contribution in [0.4, 0.5) is 13.2 Å². The van der Waals surface area contributed by atoms with Gasteiger partial charge in [0.05, 0.1) is 6.61 Å². The van der Waals surface area contributed by atoms with Crippen LogP contribution in [0.25, 0.3) is 0 Å². The summed E-state index contributed by atoms with van der Waals surface area (Å²) in [6, 6.07) is 5.09. The number of halogens is 3. The maximum atomic E-state index is 11.9. The van der Waals surface area contributed by atoms with Crippen molar-refractivity contribution in [1.29, 1.82) is 0 Å². The molecule has 0 aromatic heterocycles. The molecule has 0 saturated carbocycles. The third kappa shape index (κ3) is 2.69. The second kappa shape index (κ2) is 4.27. The Balaban J connectivity index is 1.98. The van der Waals surface area contributed by atoms with E-state index in [2.05, 4.69) is 0 Å². The molecule has 0 fully saturated rings. The van der Waals surface area contributed by atoms with E-state index in [4.69, 9.17) is 4.74 Å². The fourth-order valence-corrected chi connectivity index (χ4v) is 1.63. The van der Waals surface area contributed by atoms with Crippen LogP contribution in [0.5, 0.6) is 5.75 Å². The summed E-state index contributed by atoms with van der Waals surface area (Å²) in [6.45, 7) is 0.458. The third-order valence-corrected chi connectivity index (χ3v) is 2.46. The lowest BCUT2D eigenvalue weighted by Crippen LogP contribution is -2.36. The topological polar surface area (TPSA) is 38.3 Å². The Morgan fingerprint density at radius 1 is 1.41 bits per heavy atom. The van der Waals surface area contributed by atoms with Gasteiger partial charge in [-0.1, -0.05) is 12.1 Å². The van der Waals surface area contributed by atoms with Gasteiger partial charge in [0.25, 0.3) is 0 Å². The lowest BCUT2D eigenvalue weighted by atomic mass is 10.1. The second-order valence-corrected chi connectivity index (χ2v) is 3.72. The molecule has 1 aromatic rings. The number of ether oxygens (including phenoxy) is 1. The van der Waals surface area contributed by atoms with Crippen molar-refractivity contribution in [3.63, 3.8) is 0 Å². The Hall–Kier alpha value is -1.72. The van der Waals surface area contributed by atoms with E-state index < -0.39 is 12.1 Å². The molecular formula is C11H10F3NO2. The summed E-state index contributed by atoms with van der Waals surface area (Å²) in [5.74, 6) is -1.16. The van der Waals surface area contributed by atoms with E-state index in [0.29, 0.717) is 12.2 Å². The predicted molar refractivity (Wildman–Crippen MR) is 53.5 cm³/mol. The van der Waals surface area contributed by atoms with Gasteiger partial charge in [-0.15, -0.1) is 0 Å². The van der Waals surface area contributed by atoms with Crippen LogP contribution >= 0.6 is 0 Å². The molecule has 0 unspecified atom stereocenters. The molecule has 2 rings (SSSR count). The number of carbonyl (C=O) groups excluding carboxylic acids is 1. The molecule has 1 aliphatic rings. The Morgan fingerprint density at radius 3 is 2.88 bits per heavy atom. The first-order valence-corrected chi connectivity index (χ1v) is 5.06. The minimum absolute atomic E-state index is 0.133. The highest BCUT2D eigenvalue weighted by Crippen LogP contribution is 2.25. The number of rotatable bonds is 2. The quantitative estimate of drug-likeness (QED) is 0.862. The van der Waals surface area contributed by atoms with Crippen molar-refractivity contribution in [2.45, 2.75) is 19.1 Å². The zero-order valence-corrected chi connectivity index (χ0v) is 8.80. The van der Waals surface area contributed by atoms with Crippen LogP contribution in [0.3, 0.4) is 0 Å². The van der Waals surface area contributed by atoms with E-state index in [9.17, 15) is 18.0 Å². The molecule has 0 atom stereocenters. The molecule has 1 aromatic carbocycles. The smallest absolute Gasteiger partial charge is 0.471 e. The molecule has 1 heterocycles. The Labute approximate surface area is 95.6 Å². The summed E-state index contributed by atoms with van der Waals surface area (Å²) < 4.78 is 41.1. The first-order valence-electron chi connectivity index (χ1n) is 5.06. The minimum atomic E-state index is -4.83. The summed E-state index contributed by atoms with van der Waals surface area (Å²) in [5.41, 5.74) is 1.59. The molecule has 3 nitrogen and oxygen atoms in total. The van der Waals surface area contributed by atoms with Gasteiger partial charge in [-0.2, -0.15) is 13.2 Å².